The van der Waals surface area contributed by atoms with Crippen molar-refractivity contribution in [2.75, 3.05) is 19.7 Å². The summed E-state index contributed by atoms with van der Waals surface area (Å²) in [6.07, 6.45) is 2.73. The average molecular weight is 429 g/mol. The predicted molar refractivity (Wildman–Crippen MR) is 113 cm³/mol. The number of nitrogens with zero attached hydrogens (tertiary/aromatic N) is 2. The number of nitrogens with one attached hydrogen (secondary N) is 2. The van der Waals surface area contributed by atoms with E-state index in [-0.39, 0.29) is 16.8 Å². The van der Waals surface area contributed by atoms with Crippen molar-refractivity contribution in [3.8, 4) is 5.75 Å². The normalized spacial score (nSPS) is 15.4. The van der Waals surface area contributed by atoms with Crippen molar-refractivity contribution in [2.24, 2.45) is 0 Å². The Morgan fingerprint density at radius 1 is 1.20 bits per heavy atom. The fourth-order valence-electron chi connectivity index (χ4n) is 3.62. The van der Waals surface area contributed by atoms with Crippen LogP contribution in [-0.2, 0) is 10.0 Å². The van der Waals surface area contributed by atoms with E-state index in [0.717, 1.165) is 11.0 Å². The van der Waals surface area contributed by atoms with Gasteiger partial charge < -0.3 is 14.6 Å². The number of hydrogen-bond acceptors (Lipinski definition) is 5. The van der Waals surface area contributed by atoms with Crippen LogP contribution in [0.4, 0.5) is 0 Å². The first-order valence-corrected chi connectivity index (χ1v) is 11.4. The Morgan fingerprint density at radius 3 is 2.63 bits per heavy atom. The first-order valence-electron chi connectivity index (χ1n) is 9.94. The summed E-state index contributed by atoms with van der Waals surface area (Å²) in [7, 11) is -3.62. The topological polar surface area (TPSA) is 104 Å². The van der Waals surface area contributed by atoms with Crippen LogP contribution in [0.25, 0.3) is 11.0 Å². The smallest absolute Gasteiger partial charge is 0.253 e. The molecule has 8 nitrogen and oxygen atoms in total. The molecule has 4 rings (SSSR count). The van der Waals surface area contributed by atoms with E-state index < -0.39 is 10.0 Å². The molecule has 0 unspecified atom stereocenters. The first kappa shape index (κ1) is 20.4. The first-order chi connectivity index (χ1) is 14.5. The molecule has 158 valence electrons. The third-order valence-electron chi connectivity index (χ3n) is 5.22. The van der Waals surface area contributed by atoms with E-state index in [1.54, 1.807) is 35.5 Å². The van der Waals surface area contributed by atoms with Gasteiger partial charge in [0.25, 0.3) is 5.91 Å². The highest BCUT2D eigenvalue weighted by molar-refractivity contribution is 7.89. The van der Waals surface area contributed by atoms with Crippen LogP contribution < -0.4 is 9.46 Å². The van der Waals surface area contributed by atoms with E-state index >= 15 is 0 Å². The average Bonchev–Trinajstić information content (AvgIpc) is 3.22. The SMILES string of the molecule is CCOc1ccc(S(=O)(=O)NC2CCN(C(=O)c3ccc4nc[nH]c4c3)CC2)cc1. The highest BCUT2D eigenvalue weighted by atomic mass is 32.2. The number of likely N-dealkylation sites (tertiary alicyclic amines) is 1. The number of aromatic amines is 1. The number of carbonyl (C=O) groups is 1. The van der Waals surface area contributed by atoms with Crippen LogP contribution >= 0.6 is 0 Å². The molecule has 2 aromatic carbocycles. The zero-order valence-corrected chi connectivity index (χ0v) is 17.5. The Morgan fingerprint density at radius 2 is 1.93 bits per heavy atom. The van der Waals surface area contributed by atoms with Gasteiger partial charge in [-0.3, -0.25) is 4.79 Å². The van der Waals surface area contributed by atoms with Crippen LogP contribution in [0.15, 0.2) is 53.7 Å². The molecular formula is C21H24N4O4S. The molecule has 1 saturated heterocycles. The zero-order chi connectivity index (χ0) is 21.1. The van der Waals surface area contributed by atoms with Crippen molar-refractivity contribution in [1.29, 1.82) is 0 Å². The summed E-state index contributed by atoms with van der Waals surface area (Å²) in [5, 5.41) is 0. The summed E-state index contributed by atoms with van der Waals surface area (Å²) in [5.41, 5.74) is 2.23. The lowest BCUT2D eigenvalue weighted by Gasteiger charge is -2.32. The van der Waals surface area contributed by atoms with Gasteiger partial charge in [-0.2, -0.15) is 0 Å². The summed E-state index contributed by atoms with van der Waals surface area (Å²) >= 11 is 0. The van der Waals surface area contributed by atoms with Gasteiger partial charge in [0.2, 0.25) is 10.0 Å². The molecule has 2 N–H and O–H groups in total. The van der Waals surface area contributed by atoms with Gasteiger partial charge in [0, 0.05) is 24.7 Å². The van der Waals surface area contributed by atoms with Crippen LogP contribution in [0.2, 0.25) is 0 Å². The maximum Gasteiger partial charge on any atom is 0.253 e. The number of hydrogen-bond donors (Lipinski definition) is 2. The third kappa shape index (κ3) is 4.31. The maximum absolute atomic E-state index is 12.8. The van der Waals surface area contributed by atoms with E-state index in [9.17, 15) is 13.2 Å². The van der Waals surface area contributed by atoms with Gasteiger partial charge in [-0.05, 0) is 62.2 Å². The number of benzene rings is 2. The number of H-pyrrole nitrogens is 1. The Kier molecular flexibility index (Phi) is 5.74. The maximum atomic E-state index is 12.8. The van der Waals surface area contributed by atoms with Crippen molar-refractivity contribution < 1.29 is 17.9 Å². The Labute approximate surface area is 175 Å². The highest BCUT2D eigenvalue weighted by Crippen LogP contribution is 2.20. The molecule has 0 spiro atoms. The molecule has 1 amide bonds. The molecule has 30 heavy (non-hydrogen) atoms. The third-order valence-corrected chi connectivity index (χ3v) is 6.75. The van der Waals surface area contributed by atoms with Gasteiger partial charge in [0.15, 0.2) is 0 Å². The number of aromatic nitrogens is 2. The molecule has 0 atom stereocenters. The molecule has 2 heterocycles. The van der Waals surface area contributed by atoms with Crippen LogP contribution in [0.3, 0.4) is 0 Å². The number of piperidine rings is 1. The van der Waals surface area contributed by atoms with E-state index in [1.165, 1.54) is 12.1 Å². The number of amides is 1. The van der Waals surface area contributed by atoms with Gasteiger partial charge >= 0.3 is 0 Å². The molecule has 1 fully saturated rings. The summed E-state index contributed by atoms with van der Waals surface area (Å²) in [6.45, 7) is 3.39. The molecule has 0 saturated carbocycles. The lowest BCUT2D eigenvalue weighted by molar-refractivity contribution is 0.0711. The molecule has 0 bridgehead atoms. The molecule has 1 aromatic heterocycles. The summed E-state index contributed by atoms with van der Waals surface area (Å²) < 4.78 is 33.4. The van der Waals surface area contributed by atoms with Gasteiger partial charge in [0.05, 0.1) is 28.9 Å². The Balaban J connectivity index is 1.36. The standard InChI is InChI=1S/C21H24N4O4S/c1-2-29-17-4-6-18(7-5-17)30(27,28)24-16-9-11-25(12-10-16)21(26)15-3-8-19-20(13-15)23-14-22-19/h3-8,13-14,16,24H,2,9-12H2,1H3,(H,22,23). The molecule has 0 aliphatic carbocycles. The van der Waals surface area contributed by atoms with Crippen molar-refractivity contribution >= 4 is 27.0 Å². The van der Waals surface area contributed by atoms with E-state index in [1.807, 2.05) is 13.0 Å². The second-order valence-electron chi connectivity index (χ2n) is 7.23. The van der Waals surface area contributed by atoms with E-state index in [0.29, 0.717) is 43.9 Å². The van der Waals surface area contributed by atoms with E-state index in [4.69, 9.17) is 4.74 Å². The summed E-state index contributed by atoms with van der Waals surface area (Å²) in [4.78, 5) is 21.9. The minimum Gasteiger partial charge on any atom is -0.494 e. The van der Waals surface area contributed by atoms with Crippen molar-refractivity contribution in [2.45, 2.75) is 30.7 Å². The van der Waals surface area contributed by atoms with Gasteiger partial charge in [-0.25, -0.2) is 18.1 Å². The number of rotatable bonds is 6. The predicted octanol–water partition coefficient (Wildman–Crippen LogP) is 2.54. The minimum absolute atomic E-state index is 0.0562. The molecule has 1 aliphatic rings. The van der Waals surface area contributed by atoms with Crippen molar-refractivity contribution in [3.05, 3.63) is 54.4 Å². The molecule has 1 aliphatic heterocycles. The van der Waals surface area contributed by atoms with Crippen LogP contribution in [0.1, 0.15) is 30.1 Å². The molecule has 3 aromatic rings. The Hall–Kier alpha value is -2.91. The monoisotopic (exact) mass is 428 g/mol. The minimum atomic E-state index is -3.62. The number of imidazole rings is 1. The van der Waals surface area contributed by atoms with Crippen molar-refractivity contribution in [3.63, 3.8) is 0 Å². The van der Waals surface area contributed by atoms with Crippen LogP contribution in [-0.4, -0.2) is 54.9 Å². The second kappa shape index (κ2) is 8.45. The fraction of sp³-hybridized carbons (Fsp3) is 0.333. The lowest BCUT2D eigenvalue weighted by atomic mass is 10.0. The van der Waals surface area contributed by atoms with Crippen LogP contribution in [0, 0.1) is 0 Å². The Bertz CT molecular complexity index is 1130. The molecule has 0 radical (unpaired) electrons. The number of fused-ring (bicyclic) bond motifs is 1. The van der Waals surface area contributed by atoms with Gasteiger partial charge in [-0.1, -0.05) is 0 Å². The van der Waals surface area contributed by atoms with Crippen LogP contribution in [0.5, 0.6) is 5.75 Å². The number of carbonyl (C=O) groups excluding carboxylic acids is 1. The number of sulfonamides is 1. The summed E-state index contributed by atoms with van der Waals surface area (Å²) in [5.74, 6) is 0.580. The quantitative estimate of drug-likeness (QED) is 0.628. The second-order valence-corrected chi connectivity index (χ2v) is 8.94. The van der Waals surface area contributed by atoms with E-state index in [2.05, 4.69) is 14.7 Å². The largest absolute Gasteiger partial charge is 0.494 e. The summed E-state index contributed by atoms with van der Waals surface area (Å²) in [6, 6.07) is 11.6. The highest BCUT2D eigenvalue weighted by Gasteiger charge is 2.27. The zero-order valence-electron chi connectivity index (χ0n) is 16.7. The van der Waals surface area contributed by atoms with Crippen molar-refractivity contribution in [1.82, 2.24) is 19.6 Å². The van der Waals surface area contributed by atoms with Gasteiger partial charge in [0.1, 0.15) is 5.75 Å². The number of ether oxygens (including phenoxy) is 1. The molecular weight excluding hydrogens is 404 g/mol. The van der Waals surface area contributed by atoms with Gasteiger partial charge in [-0.15, -0.1) is 0 Å². The lowest BCUT2D eigenvalue weighted by Crippen LogP contribution is -2.46. The fourth-order valence-corrected chi connectivity index (χ4v) is 4.93. The molecule has 9 heteroatoms.